The van der Waals surface area contributed by atoms with Crippen LogP contribution in [-0.4, -0.2) is 30.9 Å². The number of piperidine rings is 1. The Hall–Kier alpha value is -2.43. The molecule has 0 saturated carbocycles. The lowest BCUT2D eigenvalue weighted by Gasteiger charge is -2.41. The number of rotatable bonds is 5. The molecular weight excluding hydrogens is 411 g/mol. The number of halogens is 2. The highest BCUT2D eigenvalue weighted by Crippen LogP contribution is 2.39. The van der Waals surface area contributed by atoms with Crippen LogP contribution in [0, 0.1) is 5.82 Å². The summed E-state index contributed by atoms with van der Waals surface area (Å²) in [5.74, 6) is -0.247. The summed E-state index contributed by atoms with van der Waals surface area (Å²) in [5, 5.41) is 6.00. The largest absolute Gasteiger partial charge is 0.350 e. The molecule has 0 bridgehead atoms. The van der Waals surface area contributed by atoms with Gasteiger partial charge >= 0.3 is 0 Å². The van der Waals surface area contributed by atoms with Crippen LogP contribution in [0.1, 0.15) is 43.4 Å². The number of nitrogens with zero attached hydrogens (tertiary/aromatic N) is 1. The Kier molecular flexibility index (Phi) is 6.31. The van der Waals surface area contributed by atoms with Crippen molar-refractivity contribution in [1.82, 2.24) is 10.2 Å². The van der Waals surface area contributed by atoms with Gasteiger partial charge in [-0.15, -0.1) is 0 Å². The molecule has 3 aromatic rings. The first-order valence-corrected chi connectivity index (χ1v) is 11.2. The maximum Gasteiger partial charge on any atom is 0.221 e. The van der Waals surface area contributed by atoms with Gasteiger partial charge in [-0.2, -0.15) is 0 Å². The van der Waals surface area contributed by atoms with E-state index < -0.39 is 0 Å². The molecule has 0 spiro atoms. The van der Waals surface area contributed by atoms with Gasteiger partial charge < -0.3 is 10.2 Å². The Bertz CT molecular complexity index is 1070. The highest BCUT2D eigenvalue weighted by atomic mass is 35.5. The molecule has 3 nitrogen and oxygen atoms in total. The summed E-state index contributed by atoms with van der Waals surface area (Å²) in [7, 11) is 2.10. The first kappa shape index (κ1) is 21.8. The van der Waals surface area contributed by atoms with Gasteiger partial charge in [-0.3, -0.25) is 4.79 Å². The van der Waals surface area contributed by atoms with Crippen LogP contribution in [0.15, 0.2) is 60.7 Å². The van der Waals surface area contributed by atoms with Crippen molar-refractivity contribution in [3.63, 3.8) is 0 Å². The van der Waals surface area contributed by atoms with Gasteiger partial charge in [-0.25, -0.2) is 4.39 Å². The van der Waals surface area contributed by atoms with Gasteiger partial charge in [-0.1, -0.05) is 48.0 Å². The molecule has 0 aromatic heterocycles. The second-order valence-electron chi connectivity index (χ2n) is 8.77. The monoisotopic (exact) mass is 438 g/mol. The van der Waals surface area contributed by atoms with Crippen molar-refractivity contribution in [2.45, 2.75) is 37.6 Å². The molecule has 1 atom stereocenters. The number of benzene rings is 3. The van der Waals surface area contributed by atoms with E-state index in [1.807, 2.05) is 49.4 Å². The molecule has 1 unspecified atom stereocenters. The van der Waals surface area contributed by atoms with E-state index in [0.717, 1.165) is 47.8 Å². The summed E-state index contributed by atoms with van der Waals surface area (Å²) in [6, 6.07) is 18.4. The van der Waals surface area contributed by atoms with Crippen molar-refractivity contribution in [3.8, 4) is 0 Å². The van der Waals surface area contributed by atoms with Crippen molar-refractivity contribution in [2.75, 3.05) is 20.1 Å². The molecule has 3 aromatic carbocycles. The van der Waals surface area contributed by atoms with Crippen molar-refractivity contribution >= 4 is 28.3 Å². The van der Waals surface area contributed by atoms with E-state index in [1.165, 1.54) is 12.1 Å². The fourth-order valence-electron chi connectivity index (χ4n) is 4.76. The molecule has 1 heterocycles. The minimum absolute atomic E-state index is 0.00503. The van der Waals surface area contributed by atoms with Gasteiger partial charge in [-0.05, 0) is 86.1 Å². The third-order valence-corrected chi connectivity index (χ3v) is 6.82. The maximum atomic E-state index is 13.5. The molecule has 1 N–H and O–H groups in total. The van der Waals surface area contributed by atoms with E-state index in [9.17, 15) is 9.18 Å². The van der Waals surface area contributed by atoms with Gasteiger partial charge in [0, 0.05) is 16.9 Å². The predicted octanol–water partition coefficient (Wildman–Crippen LogP) is 5.86. The van der Waals surface area contributed by atoms with E-state index in [-0.39, 0.29) is 23.2 Å². The summed E-state index contributed by atoms with van der Waals surface area (Å²) >= 11 is 6.34. The third-order valence-electron chi connectivity index (χ3n) is 6.60. The van der Waals surface area contributed by atoms with Crippen molar-refractivity contribution in [1.29, 1.82) is 0 Å². The molecule has 1 aliphatic rings. The zero-order chi connectivity index (χ0) is 22.0. The highest BCUT2D eigenvalue weighted by molar-refractivity contribution is 6.31. The zero-order valence-electron chi connectivity index (χ0n) is 18.0. The number of nitrogens with one attached hydrogen (secondary N) is 1. The average molecular weight is 439 g/mol. The van der Waals surface area contributed by atoms with Crippen LogP contribution in [0.3, 0.4) is 0 Å². The minimum Gasteiger partial charge on any atom is -0.350 e. The van der Waals surface area contributed by atoms with Crippen LogP contribution in [0.4, 0.5) is 4.39 Å². The number of likely N-dealkylation sites (tertiary alicyclic amines) is 1. The Morgan fingerprint density at radius 3 is 2.52 bits per heavy atom. The van der Waals surface area contributed by atoms with E-state index in [1.54, 1.807) is 0 Å². The standard InChI is InChI=1S/C26H28ClFN2O/c1-18(24-16-21(27)15-19-5-3-4-6-23(19)24)29-25(31)17-26(11-13-30(2)14-12-26)20-7-9-22(28)10-8-20/h3-10,15-16,18H,11-14,17H2,1-2H3,(H,29,31). The lowest BCUT2D eigenvalue weighted by Crippen LogP contribution is -2.44. The van der Waals surface area contributed by atoms with Crippen LogP contribution in [0.2, 0.25) is 5.02 Å². The Labute approximate surface area is 188 Å². The smallest absolute Gasteiger partial charge is 0.221 e. The molecule has 0 radical (unpaired) electrons. The van der Waals surface area contributed by atoms with Gasteiger partial charge in [0.1, 0.15) is 5.82 Å². The van der Waals surface area contributed by atoms with E-state index in [2.05, 4.69) is 23.3 Å². The second kappa shape index (κ2) is 8.97. The van der Waals surface area contributed by atoms with Crippen LogP contribution >= 0.6 is 11.6 Å². The van der Waals surface area contributed by atoms with Gasteiger partial charge in [0.2, 0.25) is 5.91 Å². The molecule has 31 heavy (non-hydrogen) atoms. The number of carbonyl (C=O) groups is 1. The third kappa shape index (κ3) is 4.76. The first-order chi connectivity index (χ1) is 14.9. The lowest BCUT2D eigenvalue weighted by atomic mass is 9.70. The number of hydrogen-bond donors (Lipinski definition) is 1. The summed E-state index contributed by atoms with van der Waals surface area (Å²) in [6.07, 6.45) is 2.13. The Morgan fingerprint density at radius 1 is 1.13 bits per heavy atom. The zero-order valence-corrected chi connectivity index (χ0v) is 18.8. The van der Waals surface area contributed by atoms with Crippen molar-refractivity contribution < 1.29 is 9.18 Å². The molecule has 1 fully saturated rings. The predicted molar refractivity (Wildman–Crippen MR) is 125 cm³/mol. The highest BCUT2D eigenvalue weighted by Gasteiger charge is 2.37. The first-order valence-electron chi connectivity index (χ1n) is 10.8. The van der Waals surface area contributed by atoms with Crippen LogP contribution in [-0.2, 0) is 10.2 Å². The summed E-state index contributed by atoms with van der Waals surface area (Å²) in [4.78, 5) is 15.5. The normalized spacial score (nSPS) is 17.4. The molecule has 1 aliphatic heterocycles. The van der Waals surface area contributed by atoms with Crippen LogP contribution < -0.4 is 5.32 Å². The van der Waals surface area contributed by atoms with Crippen molar-refractivity contribution in [2.24, 2.45) is 0 Å². The number of fused-ring (bicyclic) bond motifs is 1. The molecule has 0 aliphatic carbocycles. The van der Waals surface area contributed by atoms with Crippen LogP contribution in [0.5, 0.6) is 0 Å². The fraction of sp³-hybridized carbons (Fsp3) is 0.346. The average Bonchev–Trinajstić information content (AvgIpc) is 2.75. The topological polar surface area (TPSA) is 32.3 Å². The van der Waals surface area contributed by atoms with E-state index in [4.69, 9.17) is 11.6 Å². The van der Waals surface area contributed by atoms with E-state index in [0.29, 0.717) is 11.4 Å². The second-order valence-corrected chi connectivity index (χ2v) is 9.21. The minimum atomic E-state index is -0.277. The Balaban J connectivity index is 1.57. The van der Waals surface area contributed by atoms with E-state index >= 15 is 0 Å². The maximum absolute atomic E-state index is 13.5. The Morgan fingerprint density at radius 2 is 1.81 bits per heavy atom. The van der Waals surface area contributed by atoms with Crippen LogP contribution in [0.25, 0.3) is 10.8 Å². The van der Waals surface area contributed by atoms with Crippen molar-refractivity contribution in [3.05, 3.63) is 82.6 Å². The quantitative estimate of drug-likeness (QED) is 0.540. The molecule has 4 rings (SSSR count). The lowest BCUT2D eigenvalue weighted by molar-refractivity contribution is -0.123. The number of amides is 1. The molecule has 162 valence electrons. The fourth-order valence-corrected chi connectivity index (χ4v) is 4.99. The summed E-state index contributed by atoms with van der Waals surface area (Å²) < 4.78 is 13.5. The summed E-state index contributed by atoms with van der Waals surface area (Å²) in [5.41, 5.74) is 1.77. The molecule has 5 heteroatoms. The number of hydrogen-bond acceptors (Lipinski definition) is 2. The molecule has 1 saturated heterocycles. The van der Waals surface area contributed by atoms with Gasteiger partial charge in [0.15, 0.2) is 0 Å². The van der Waals surface area contributed by atoms with Gasteiger partial charge in [0.25, 0.3) is 0 Å². The molecule has 1 amide bonds. The van der Waals surface area contributed by atoms with Gasteiger partial charge in [0.05, 0.1) is 6.04 Å². The molecular formula is C26H28ClFN2O. The number of carbonyl (C=O) groups excluding carboxylic acids is 1. The summed E-state index contributed by atoms with van der Waals surface area (Å²) in [6.45, 7) is 3.83. The SMILES string of the molecule is CC(NC(=O)CC1(c2ccc(F)cc2)CCN(C)CC1)c1cc(Cl)cc2ccccc12.